The standard InChI is InChI=1S/C28H22ClN3OS/c1-18-8-6-7-11-25(18)31-27(33)19(2)34-28-24(17-30)23(20-9-4-3-5-10-20)16-26(32-28)21-12-14-22(29)15-13-21/h3-16,19H,1-2H3,(H,31,33)/t19-/m0/s1. The van der Waals surface area contributed by atoms with E-state index in [1.807, 2.05) is 98.8 Å². The van der Waals surface area contributed by atoms with Crippen molar-refractivity contribution in [3.8, 4) is 28.5 Å². The molecule has 0 aliphatic heterocycles. The minimum absolute atomic E-state index is 0.150. The Bertz CT molecular complexity index is 1370. The zero-order valence-corrected chi connectivity index (χ0v) is 20.3. The molecule has 3 aromatic carbocycles. The molecule has 4 aromatic rings. The molecular formula is C28H22ClN3OS. The lowest BCUT2D eigenvalue weighted by Crippen LogP contribution is -2.23. The number of hydrogen-bond donors (Lipinski definition) is 1. The smallest absolute Gasteiger partial charge is 0.237 e. The van der Waals surface area contributed by atoms with Crippen LogP contribution in [0.5, 0.6) is 0 Å². The largest absolute Gasteiger partial charge is 0.325 e. The van der Waals surface area contributed by atoms with Crippen LogP contribution in [0.1, 0.15) is 18.1 Å². The number of aryl methyl sites for hydroxylation is 1. The lowest BCUT2D eigenvalue weighted by molar-refractivity contribution is -0.115. The van der Waals surface area contributed by atoms with Gasteiger partial charge in [0.1, 0.15) is 11.1 Å². The normalized spacial score (nSPS) is 11.5. The van der Waals surface area contributed by atoms with Crippen molar-refractivity contribution in [1.82, 2.24) is 4.98 Å². The van der Waals surface area contributed by atoms with E-state index in [1.165, 1.54) is 11.8 Å². The Kier molecular flexibility index (Phi) is 7.32. The maximum Gasteiger partial charge on any atom is 0.237 e. The Balaban J connectivity index is 1.73. The number of carbonyl (C=O) groups excluding carboxylic acids is 1. The molecule has 0 saturated heterocycles. The number of thioether (sulfide) groups is 1. The van der Waals surface area contributed by atoms with Crippen LogP contribution in [0.25, 0.3) is 22.4 Å². The predicted octanol–water partition coefficient (Wildman–Crippen LogP) is 7.37. The van der Waals surface area contributed by atoms with E-state index in [0.717, 1.165) is 27.9 Å². The van der Waals surface area contributed by atoms with Crippen molar-refractivity contribution in [3.63, 3.8) is 0 Å². The monoisotopic (exact) mass is 483 g/mol. The Morgan fingerprint density at radius 2 is 1.68 bits per heavy atom. The minimum atomic E-state index is -0.469. The summed E-state index contributed by atoms with van der Waals surface area (Å²) in [4.78, 5) is 17.8. The van der Waals surface area contributed by atoms with E-state index >= 15 is 0 Å². The molecule has 0 saturated carbocycles. The number of aromatic nitrogens is 1. The van der Waals surface area contributed by atoms with Gasteiger partial charge in [-0.05, 0) is 49.2 Å². The molecule has 0 aliphatic rings. The van der Waals surface area contributed by atoms with Gasteiger partial charge >= 0.3 is 0 Å². The van der Waals surface area contributed by atoms with E-state index in [1.54, 1.807) is 0 Å². The lowest BCUT2D eigenvalue weighted by Gasteiger charge is -2.16. The second-order valence-electron chi connectivity index (χ2n) is 7.78. The molecule has 0 radical (unpaired) electrons. The lowest BCUT2D eigenvalue weighted by atomic mass is 9.99. The Labute approximate surface area is 208 Å². The topological polar surface area (TPSA) is 65.8 Å². The van der Waals surface area contributed by atoms with Gasteiger partial charge in [-0.1, -0.05) is 84.0 Å². The van der Waals surface area contributed by atoms with Crippen molar-refractivity contribution in [2.45, 2.75) is 24.1 Å². The van der Waals surface area contributed by atoms with Gasteiger partial charge in [0.2, 0.25) is 5.91 Å². The van der Waals surface area contributed by atoms with Crippen LogP contribution in [0.15, 0.2) is 90.0 Å². The number of carbonyl (C=O) groups is 1. The van der Waals surface area contributed by atoms with Gasteiger partial charge < -0.3 is 5.32 Å². The highest BCUT2D eigenvalue weighted by Gasteiger charge is 2.21. The van der Waals surface area contributed by atoms with Crippen molar-refractivity contribution in [1.29, 1.82) is 5.26 Å². The first-order valence-electron chi connectivity index (χ1n) is 10.8. The number of para-hydroxylation sites is 1. The molecule has 168 valence electrons. The van der Waals surface area contributed by atoms with Crippen LogP contribution >= 0.6 is 23.4 Å². The van der Waals surface area contributed by atoms with Gasteiger partial charge in [-0.25, -0.2) is 4.98 Å². The fourth-order valence-electron chi connectivity index (χ4n) is 3.50. The third-order valence-corrected chi connectivity index (χ3v) is 6.72. The molecule has 1 amide bonds. The molecule has 1 aromatic heterocycles. The molecule has 0 aliphatic carbocycles. The predicted molar refractivity (Wildman–Crippen MR) is 140 cm³/mol. The van der Waals surface area contributed by atoms with Crippen LogP contribution < -0.4 is 5.32 Å². The summed E-state index contributed by atoms with van der Waals surface area (Å²) in [5, 5.41) is 13.7. The molecular weight excluding hydrogens is 462 g/mol. The number of nitriles is 1. The van der Waals surface area contributed by atoms with Crippen molar-refractivity contribution >= 4 is 35.0 Å². The first-order chi connectivity index (χ1) is 16.5. The number of rotatable bonds is 6. The third kappa shape index (κ3) is 5.31. The zero-order valence-electron chi connectivity index (χ0n) is 18.7. The molecule has 34 heavy (non-hydrogen) atoms. The quantitative estimate of drug-likeness (QED) is 0.291. The maximum absolute atomic E-state index is 13.0. The number of anilines is 1. The average Bonchev–Trinajstić information content (AvgIpc) is 2.86. The summed E-state index contributed by atoms with van der Waals surface area (Å²) in [6, 6.07) is 29.0. The van der Waals surface area contributed by atoms with Crippen LogP contribution in [-0.2, 0) is 4.79 Å². The number of benzene rings is 3. The van der Waals surface area contributed by atoms with Gasteiger partial charge in [-0.15, -0.1) is 0 Å². The molecule has 0 bridgehead atoms. The molecule has 4 nitrogen and oxygen atoms in total. The van der Waals surface area contributed by atoms with Gasteiger partial charge in [-0.3, -0.25) is 4.79 Å². The van der Waals surface area contributed by atoms with Crippen molar-refractivity contribution in [2.24, 2.45) is 0 Å². The van der Waals surface area contributed by atoms with Gasteiger partial charge in [-0.2, -0.15) is 5.26 Å². The van der Waals surface area contributed by atoms with Crippen LogP contribution in [-0.4, -0.2) is 16.1 Å². The van der Waals surface area contributed by atoms with E-state index < -0.39 is 5.25 Å². The number of halogens is 1. The van der Waals surface area contributed by atoms with Crippen molar-refractivity contribution in [3.05, 3.63) is 101 Å². The third-order valence-electron chi connectivity index (χ3n) is 5.38. The number of nitrogens with one attached hydrogen (secondary N) is 1. The Hall–Kier alpha value is -3.59. The average molecular weight is 484 g/mol. The summed E-state index contributed by atoms with van der Waals surface area (Å²) in [7, 11) is 0. The number of nitrogens with zero attached hydrogens (tertiary/aromatic N) is 2. The molecule has 0 fully saturated rings. The van der Waals surface area contributed by atoms with E-state index in [-0.39, 0.29) is 5.91 Å². The van der Waals surface area contributed by atoms with Crippen molar-refractivity contribution < 1.29 is 4.79 Å². The van der Waals surface area contributed by atoms with E-state index in [9.17, 15) is 10.1 Å². The number of amides is 1. The van der Waals surface area contributed by atoms with Gasteiger partial charge in [0, 0.05) is 21.8 Å². The van der Waals surface area contributed by atoms with E-state index in [4.69, 9.17) is 16.6 Å². The maximum atomic E-state index is 13.0. The van der Waals surface area contributed by atoms with Crippen LogP contribution in [0.2, 0.25) is 5.02 Å². The van der Waals surface area contributed by atoms with Gasteiger partial charge in [0.15, 0.2) is 0 Å². The van der Waals surface area contributed by atoms with Gasteiger partial charge in [0.25, 0.3) is 0 Å². The highest BCUT2D eigenvalue weighted by atomic mass is 35.5. The van der Waals surface area contributed by atoms with E-state index in [2.05, 4.69) is 11.4 Å². The molecule has 0 spiro atoms. The summed E-state index contributed by atoms with van der Waals surface area (Å²) >= 11 is 7.35. The fourth-order valence-corrected chi connectivity index (χ4v) is 4.55. The number of pyridine rings is 1. The first-order valence-corrected chi connectivity index (χ1v) is 12.0. The molecule has 1 N–H and O–H groups in total. The fraction of sp³-hybridized carbons (Fsp3) is 0.107. The second kappa shape index (κ2) is 10.6. The summed E-state index contributed by atoms with van der Waals surface area (Å²) in [5.74, 6) is -0.150. The molecule has 4 rings (SSSR count). The summed E-state index contributed by atoms with van der Waals surface area (Å²) < 4.78 is 0. The SMILES string of the molecule is Cc1ccccc1NC(=O)[C@H](C)Sc1nc(-c2ccc(Cl)cc2)cc(-c2ccccc2)c1C#N. The molecule has 1 heterocycles. The Morgan fingerprint density at radius 1 is 1.00 bits per heavy atom. The van der Waals surface area contributed by atoms with Gasteiger partial charge in [0.05, 0.1) is 16.5 Å². The molecule has 0 unspecified atom stereocenters. The zero-order chi connectivity index (χ0) is 24.1. The highest BCUT2D eigenvalue weighted by Crippen LogP contribution is 2.36. The Morgan fingerprint density at radius 3 is 2.35 bits per heavy atom. The van der Waals surface area contributed by atoms with Crippen LogP contribution in [0, 0.1) is 18.3 Å². The number of hydrogen-bond acceptors (Lipinski definition) is 4. The minimum Gasteiger partial charge on any atom is -0.325 e. The molecule has 1 atom stereocenters. The summed E-state index contributed by atoms with van der Waals surface area (Å²) in [6.07, 6.45) is 0. The summed E-state index contributed by atoms with van der Waals surface area (Å²) in [5.41, 5.74) is 5.49. The van der Waals surface area contributed by atoms with Crippen LogP contribution in [0.3, 0.4) is 0 Å². The first kappa shape index (κ1) is 23.6. The van der Waals surface area contributed by atoms with Crippen molar-refractivity contribution in [2.75, 3.05) is 5.32 Å². The van der Waals surface area contributed by atoms with E-state index in [0.29, 0.717) is 21.3 Å². The second-order valence-corrected chi connectivity index (χ2v) is 9.55. The summed E-state index contributed by atoms with van der Waals surface area (Å²) in [6.45, 7) is 3.77. The highest BCUT2D eigenvalue weighted by molar-refractivity contribution is 8.00. The molecule has 6 heteroatoms. The van der Waals surface area contributed by atoms with Crippen LogP contribution in [0.4, 0.5) is 5.69 Å².